The maximum Gasteiger partial charge on any atom is 0.165 e. The zero-order valence-corrected chi connectivity index (χ0v) is 11.9. The maximum absolute atomic E-state index is 13.5. The van der Waals surface area contributed by atoms with Crippen molar-refractivity contribution in [2.75, 3.05) is 13.7 Å². The number of ether oxygens (including phenoxy) is 2. The van der Waals surface area contributed by atoms with Crippen LogP contribution in [-0.4, -0.2) is 13.7 Å². The zero-order valence-electron chi connectivity index (χ0n) is 11.9. The van der Waals surface area contributed by atoms with Gasteiger partial charge in [-0.2, -0.15) is 0 Å². The first-order valence-corrected chi connectivity index (χ1v) is 6.49. The van der Waals surface area contributed by atoms with E-state index in [-0.39, 0.29) is 12.4 Å². The third kappa shape index (κ3) is 3.70. The fourth-order valence-corrected chi connectivity index (χ4v) is 2.00. The summed E-state index contributed by atoms with van der Waals surface area (Å²) in [7, 11) is 1.55. The van der Waals surface area contributed by atoms with Gasteiger partial charge in [0.15, 0.2) is 11.6 Å². The molecule has 1 atom stereocenters. The van der Waals surface area contributed by atoms with Crippen molar-refractivity contribution in [3.05, 3.63) is 59.2 Å². The van der Waals surface area contributed by atoms with Crippen LogP contribution in [0.2, 0.25) is 0 Å². The molecular formula is C16H17F2NO2. The first-order valence-electron chi connectivity index (χ1n) is 6.49. The minimum atomic E-state index is -0.625. The van der Waals surface area contributed by atoms with E-state index < -0.39 is 17.7 Å². The van der Waals surface area contributed by atoms with Gasteiger partial charge in [-0.25, -0.2) is 8.78 Å². The number of aryl methyl sites for hydroxylation is 1. The van der Waals surface area contributed by atoms with E-state index in [9.17, 15) is 8.78 Å². The van der Waals surface area contributed by atoms with Gasteiger partial charge in [0.25, 0.3) is 0 Å². The highest BCUT2D eigenvalue weighted by Crippen LogP contribution is 2.26. The Bertz CT molecular complexity index is 632. The molecule has 1 unspecified atom stereocenters. The molecule has 0 aromatic heterocycles. The molecule has 0 aliphatic rings. The van der Waals surface area contributed by atoms with Gasteiger partial charge in [-0.3, -0.25) is 0 Å². The van der Waals surface area contributed by atoms with E-state index >= 15 is 0 Å². The predicted molar refractivity (Wildman–Crippen MR) is 76.5 cm³/mol. The van der Waals surface area contributed by atoms with Crippen LogP contribution in [0.15, 0.2) is 36.4 Å². The Labute approximate surface area is 122 Å². The second kappa shape index (κ2) is 6.54. The lowest BCUT2D eigenvalue weighted by atomic mass is 10.0. The van der Waals surface area contributed by atoms with Crippen molar-refractivity contribution in [3.63, 3.8) is 0 Å². The standard InChI is InChI=1S/C16H17F2NO2/c1-10-3-6-15(20-2)12(7-10)14(19)9-21-16-8-11(17)4-5-13(16)18/h3-8,14H,9,19H2,1-2H3. The van der Waals surface area contributed by atoms with E-state index in [1.165, 1.54) is 0 Å². The largest absolute Gasteiger partial charge is 0.496 e. The molecule has 0 aliphatic heterocycles. The van der Waals surface area contributed by atoms with E-state index in [4.69, 9.17) is 15.2 Å². The van der Waals surface area contributed by atoms with Gasteiger partial charge < -0.3 is 15.2 Å². The summed E-state index contributed by atoms with van der Waals surface area (Å²) >= 11 is 0. The molecule has 0 spiro atoms. The van der Waals surface area contributed by atoms with Crippen molar-refractivity contribution in [1.82, 2.24) is 0 Å². The van der Waals surface area contributed by atoms with E-state index in [1.54, 1.807) is 7.11 Å². The van der Waals surface area contributed by atoms with Gasteiger partial charge in [0.2, 0.25) is 0 Å². The van der Waals surface area contributed by atoms with Crippen LogP contribution in [0.1, 0.15) is 17.2 Å². The molecule has 21 heavy (non-hydrogen) atoms. The minimum absolute atomic E-state index is 0.0141. The Morgan fingerprint density at radius 2 is 1.86 bits per heavy atom. The number of methoxy groups -OCH3 is 1. The van der Waals surface area contributed by atoms with Gasteiger partial charge in [0.1, 0.15) is 18.2 Å². The lowest BCUT2D eigenvalue weighted by Gasteiger charge is -2.17. The summed E-state index contributed by atoms with van der Waals surface area (Å²) in [6, 6.07) is 8.14. The molecule has 0 saturated carbocycles. The molecule has 112 valence electrons. The van der Waals surface area contributed by atoms with Crippen molar-refractivity contribution < 1.29 is 18.3 Å². The van der Waals surface area contributed by atoms with Crippen LogP contribution < -0.4 is 15.2 Å². The first kappa shape index (κ1) is 15.3. The third-order valence-electron chi connectivity index (χ3n) is 3.10. The number of halogens is 2. The van der Waals surface area contributed by atoms with Crippen molar-refractivity contribution in [2.24, 2.45) is 5.73 Å². The number of rotatable bonds is 5. The summed E-state index contributed by atoms with van der Waals surface area (Å²) in [5.41, 5.74) is 7.84. The number of benzene rings is 2. The van der Waals surface area contributed by atoms with E-state index in [1.807, 2.05) is 25.1 Å². The molecule has 0 radical (unpaired) electrons. The molecule has 0 fully saturated rings. The van der Waals surface area contributed by atoms with Gasteiger partial charge in [-0.05, 0) is 25.1 Å². The van der Waals surface area contributed by atoms with Crippen molar-refractivity contribution in [3.8, 4) is 11.5 Å². The van der Waals surface area contributed by atoms with Crippen LogP contribution in [0.4, 0.5) is 8.78 Å². The molecule has 2 N–H and O–H groups in total. The zero-order chi connectivity index (χ0) is 15.4. The number of hydrogen-bond acceptors (Lipinski definition) is 3. The summed E-state index contributed by atoms with van der Waals surface area (Å²) in [4.78, 5) is 0. The van der Waals surface area contributed by atoms with E-state index in [0.29, 0.717) is 5.75 Å². The number of nitrogens with two attached hydrogens (primary N) is 1. The smallest absolute Gasteiger partial charge is 0.165 e. The van der Waals surface area contributed by atoms with Crippen LogP contribution in [0, 0.1) is 18.6 Å². The summed E-state index contributed by atoms with van der Waals surface area (Å²) in [6.45, 7) is 1.95. The lowest BCUT2D eigenvalue weighted by molar-refractivity contribution is 0.272. The minimum Gasteiger partial charge on any atom is -0.496 e. The topological polar surface area (TPSA) is 44.5 Å². The molecule has 0 amide bonds. The Morgan fingerprint density at radius 1 is 1.10 bits per heavy atom. The van der Waals surface area contributed by atoms with Crippen LogP contribution in [0.25, 0.3) is 0 Å². The summed E-state index contributed by atoms with van der Waals surface area (Å²) in [6.07, 6.45) is 0. The molecule has 0 bridgehead atoms. The summed E-state index contributed by atoms with van der Waals surface area (Å²) in [5.74, 6) is -0.707. The van der Waals surface area contributed by atoms with E-state index in [0.717, 1.165) is 29.3 Å². The normalized spacial score (nSPS) is 12.0. The molecule has 5 heteroatoms. The van der Waals surface area contributed by atoms with Gasteiger partial charge >= 0.3 is 0 Å². The molecule has 2 aromatic carbocycles. The van der Waals surface area contributed by atoms with Gasteiger partial charge in [0.05, 0.1) is 13.2 Å². The van der Waals surface area contributed by atoms with Gasteiger partial charge in [-0.15, -0.1) is 0 Å². The second-order valence-electron chi connectivity index (χ2n) is 4.74. The van der Waals surface area contributed by atoms with Crippen LogP contribution in [0.3, 0.4) is 0 Å². The molecule has 2 rings (SSSR count). The molecule has 2 aromatic rings. The SMILES string of the molecule is COc1ccc(C)cc1C(N)COc1cc(F)ccc1F. The van der Waals surface area contributed by atoms with Crippen molar-refractivity contribution >= 4 is 0 Å². The summed E-state index contributed by atoms with van der Waals surface area (Å²) in [5, 5.41) is 0. The Hall–Kier alpha value is -2.14. The fourth-order valence-electron chi connectivity index (χ4n) is 2.00. The van der Waals surface area contributed by atoms with Crippen LogP contribution >= 0.6 is 0 Å². The van der Waals surface area contributed by atoms with Gasteiger partial charge in [-0.1, -0.05) is 17.7 Å². The highest BCUT2D eigenvalue weighted by Gasteiger charge is 2.14. The van der Waals surface area contributed by atoms with E-state index in [2.05, 4.69) is 0 Å². The molecule has 0 saturated heterocycles. The van der Waals surface area contributed by atoms with Crippen LogP contribution in [-0.2, 0) is 0 Å². The number of hydrogen-bond donors (Lipinski definition) is 1. The monoisotopic (exact) mass is 293 g/mol. The van der Waals surface area contributed by atoms with Crippen LogP contribution in [0.5, 0.6) is 11.5 Å². The quantitative estimate of drug-likeness (QED) is 0.919. The molecule has 0 aliphatic carbocycles. The molecule has 0 heterocycles. The first-order chi connectivity index (χ1) is 10.0. The lowest BCUT2D eigenvalue weighted by Crippen LogP contribution is -2.20. The highest BCUT2D eigenvalue weighted by molar-refractivity contribution is 5.39. The Morgan fingerprint density at radius 3 is 2.57 bits per heavy atom. The van der Waals surface area contributed by atoms with Crippen molar-refractivity contribution in [2.45, 2.75) is 13.0 Å². The predicted octanol–water partition coefficient (Wildman–Crippen LogP) is 3.36. The van der Waals surface area contributed by atoms with Gasteiger partial charge in [0, 0.05) is 11.6 Å². The Balaban J connectivity index is 2.13. The molecule has 3 nitrogen and oxygen atoms in total. The molecular weight excluding hydrogens is 276 g/mol. The summed E-state index contributed by atoms with van der Waals surface area (Å²) < 4.78 is 37.1. The maximum atomic E-state index is 13.5. The Kier molecular flexibility index (Phi) is 4.75. The highest BCUT2D eigenvalue weighted by atomic mass is 19.1. The second-order valence-corrected chi connectivity index (χ2v) is 4.74. The van der Waals surface area contributed by atoms with Crippen molar-refractivity contribution in [1.29, 1.82) is 0 Å². The third-order valence-corrected chi connectivity index (χ3v) is 3.10. The average molecular weight is 293 g/mol. The average Bonchev–Trinajstić information content (AvgIpc) is 2.47. The fraction of sp³-hybridized carbons (Fsp3) is 0.250.